The topological polar surface area (TPSA) is 21.3 Å². The summed E-state index contributed by atoms with van der Waals surface area (Å²) in [5, 5.41) is 3.47. The molecule has 0 saturated carbocycles. The van der Waals surface area contributed by atoms with Gasteiger partial charge in [-0.15, -0.1) is 11.3 Å². The molecular formula is C12H21NOS. The highest BCUT2D eigenvalue weighted by atomic mass is 32.1. The molecular weight excluding hydrogens is 206 g/mol. The van der Waals surface area contributed by atoms with Gasteiger partial charge in [0.15, 0.2) is 0 Å². The lowest BCUT2D eigenvalue weighted by molar-refractivity contribution is 0.147. The van der Waals surface area contributed by atoms with Crippen molar-refractivity contribution in [2.45, 2.75) is 33.7 Å². The van der Waals surface area contributed by atoms with Crippen LogP contribution in [0.2, 0.25) is 0 Å². The second kappa shape index (κ2) is 6.26. The summed E-state index contributed by atoms with van der Waals surface area (Å²) in [7, 11) is 0. The van der Waals surface area contributed by atoms with Crippen molar-refractivity contribution in [3.8, 4) is 0 Å². The molecule has 1 rings (SSSR count). The molecule has 2 nitrogen and oxygen atoms in total. The van der Waals surface area contributed by atoms with Crippen LogP contribution in [0.5, 0.6) is 0 Å². The predicted molar refractivity (Wildman–Crippen MR) is 66.7 cm³/mol. The minimum absolute atomic E-state index is 0.426. The Morgan fingerprint density at radius 3 is 2.73 bits per heavy atom. The lowest BCUT2D eigenvalue weighted by atomic mass is 10.1. The third-order valence-corrected chi connectivity index (χ3v) is 3.43. The minimum Gasteiger partial charge on any atom is -0.380 e. The maximum absolute atomic E-state index is 5.30. The first-order valence-corrected chi connectivity index (χ1v) is 6.34. The normalized spacial score (nSPS) is 13.1. The van der Waals surface area contributed by atoms with Crippen LogP contribution in [0.25, 0.3) is 0 Å². The Hall–Kier alpha value is -0.380. The summed E-state index contributed by atoms with van der Waals surface area (Å²) in [4.78, 5) is 2.81. The molecule has 15 heavy (non-hydrogen) atoms. The third kappa shape index (κ3) is 3.93. The second-order valence-electron chi connectivity index (χ2n) is 3.74. The number of hydrogen-bond acceptors (Lipinski definition) is 3. The van der Waals surface area contributed by atoms with Gasteiger partial charge in [0.2, 0.25) is 0 Å². The van der Waals surface area contributed by atoms with Crippen LogP contribution in [0, 0.1) is 13.8 Å². The second-order valence-corrected chi connectivity index (χ2v) is 5.20. The molecule has 0 fully saturated rings. The first kappa shape index (κ1) is 12.7. The molecule has 0 radical (unpaired) electrons. The summed E-state index contributed by atoms with van der Waals surface area (Å²) in [6.07, 6.45) is 0. The maximum atomic E-state index is 5.30. The summed E-state index contributed by atoms with van der Waals surface area (Å²) >= 11 is 1.87. The molecule has 1 atom stereocenters. The van der Waals surface area contributed by atoms with Crippen molar-refractivity contribution < 1.29 is 4.74 Å². The highest BCUT2D eigenvalue weighted by Gasteiger charge is 2.09. The molecule has 0 aliphatic carbocycles. The Bertz CT molecular complexity index is 296. The molecule has 0 spiro atoms. The highest BCUT2D eigenvalue weighted by Crippen LogP contribution is 2.25. The van der Waals surface area contributed by atoms with Gasteiger partial charge in [0.1, 0.15) is 0 Å². The number of rotatable bonds is 6. The number of hydrogen-bond donors (Lipinski definition) is 1. The van der Waals surface area contributed by atoms with Gasteiger partial charge in [-0.3, -0.25) is 0 Å². The van der Waals surface area contributed by atoms with Gasteiger partial charge in [-0.05, 0) is 39.3 Å². The molecule has 1 aromatic rings. The van der Waals surface area contributed by atoms with Crippen molar-refractivity contribution in [2.75, 3.05) is 19.8 Å². The van der Waals surface area contributed by atoms with Gasteiger partial charge >= 0.3 is 0 Å². The Morgan fingerprint density at radius 1 is 1.47 bits per heavy atom. The molecule has 1 aromatic heterocycles. The number of aryl methyl sites for hydroxylation is 2. The fourth-order valence-corrected chi connectivity index (χ4v) is 2.70. The van der Waals surface area contributed by atoms with Gasteiger partial charge in [-0.25, -0.2) is 0 Å². The van der Waals surface area contributed by atoms with Crippen molar-refractivity contribution in [3.05, 3.63) is 21.4 Å². The molecule has 1 N–H and O–H groups in total. The first-order valence-electron chi connectivity index (χ1n) is 5.53. The zero-order valence-electron chi connectivity index (χ0n) is 10.1. The van der Waals surface area contributed by atoms with E-state index in [0.717, 1.165) is 19.8 Å². The van der Waals surface area contributed by atoms with Gasteiger partial charge in [-0.1, -0.05) is 0 Å². The molecule has 86 valence electrons. The Balaban J connectivity index is 2.39. The fourth-order valence-electron chi connectivity index (χ4n) is 1.68. The van der Waals surface area contributed by atoms with E-state index in [1.807, 2.05) is 18.3 Å². The average molecular weight is 227 g/mol. The monoisotopic (exact) mass is 227 g/mol. The van der Waals surface area contributed by atoms with Crippen LogP contribution in [0.3, 0.4) is 0 Å². The van der Waals surface area contributed by atoms with Crippen molar-refractivity contribution in [1.82, 2.24) is 5.32 Å². The van der Waals surface area contributed by atoms with Gasteiger partial charge in [0, 0.05) is 28.9 Å². The molecule has 0 aliphatic heterocycles. The number of thiophene rings is 1. The Kier molecular flexibility index (Phi) is 5.29. The van der Waals surface area contributed by atoms with Crippen LogP contribution >= 0.6 is 11.3 Å². The third-order valence-electron chi connectivity index (χ3n) is 2.45. The zero-order chi connectivity index (χ0) is 11.3. The van der Waals surface area contributed by atoms with Crippen LogP contribution in [-0.2, 0) is 4.74 Å². The van der Waals surface area contributed by atoms with Crippen LogP contribution in [0.1, 0.15) is 35.2 Å². The van der Waals surface area contributed by atoms with E-state index in [1.165, 1.54) is 15.3 Å². The average Bonchev–Trinajstić information content (AvgIpc) is 2.52. The Morgan fingerprint density at radius 2 is 2.20 bits per heavy atom. The fraction of sp³-hybridized carbons (Fsp3) is 0.667. The summed E-state index contributed by atoms with van der Waals surface area (Å²) in [5.41, 5.74) is 1.42. The van der Waals surface area contributed by atoms with Crippen LogP contribution in [-0.4, -0.2) is 19.8 Å². The maximum Gasteiger partial charge on any atom is 0.0590 e. The van der Waals surface area contributed by atoms with Crippen LogP contribution < -0.4 is 5.32 Å². The molecule has 0 bridgehead atoms. The molecule has 0 aromatic carbocycles. The van der Waals surface area contributed by atoms with E-state index in [-0.39, 0.29) is 0 Å². The molecule has 3 heteroatoms. The predicted octanol–water partition coefficient (Wildman–Crippen LogP) is 3.05. The van der Waals surface area contributed by atoms with E-state index in [4.69, 9.17) is 4.74 Å². The number of nitrogens with one attached hydrogen (secondary N) is 1. The summed E-state index contributed by atoms with van der Waals surface area (Å²) in [6.45, 7) is 11.1. The van der Waals surface area contributed by atoms with Gasteiger partial charge in [0.25, 0.3) is 0 Å². The van der Waals surface area contributed by atoms with Crippen molar-refractivity contribution >= 4 is 11.3 Å². The lowest BCUT2D eigenvalue weighted by Gasteiger charge is -2.13. The molecule has 1 unspecified atom stereocenters. The van der Waals surface area contributed by atoms with E-state index in [9.17, 15) is 0 Å². The van der Waals surface area contributed by atoms with Gasteiger partial charge in [0.05, 0.1) is 6.61 Å². The van der Waals surface area contributed by atoms with Gasteiger partial charge in [-0.2, -0.15) is 0 Å². The Labute approximate surface area is 96.7 Å². The molecule has 0 saturated heterocycles. The number of ether oxygens (including phenoxy) is 1. The standard InChI is InChI=1S/C12H21NOS/c1-5-14-7-6-13-10(3)12-8-9(2)15-11(12)4/h8,10,13H,5-7H2,1-4H3. The minimum atomic E-state index is 0.426. The van der Waals surface area contributed by atoms with Crippen molar-refractivity contribution in [1.29, 1.82) is 0 Å². The van der Waals surface area contributed by atoms with E-state index >= 15 is 0 Å². The summed E-state index contributed by atoms with van der Waals surface area (Å²) < 4.78 is 5.30. The summed E-state index contributed by atoms with van der Waals surface area (Å²) in [5.74, 6) is 0. The van der Waals surface area contributed by atoms with Gasteiger partial charge < -0.3 is 10.1 Å². The van der Waals surface area contributed by atoms with E-state index in [2.05, 4.69) is 32.2 Å². The summed E-state index contributed by atoms with van der Waals surface area (Å²) in [6, 6.07) is 2.70. The van der Waals surface area contributed by atoms with Crippen molar-refractivity contribution in [3.63, 3.8) is 0 Å². The van der Waals surface area contributed by atoms with Crippen molar-refractivity contribution in [2.24, 2.45) is 0 Å². The smallest absolute Gasteiger partial charge is 0.0590 e. The lowest BCUT2D eigenvalue weighted by Crippen LogP contribution is -2.23. The van der Waals surface area contributed by atoms with E-state index in [1.54, 1.807) is 0 Å². The first-order chi connectivity index (χ1) is 7.15. The zero-order valence-corrected chi connectivity index (χ0v) is 10.9. The molecule has 0 amide bonds. The SMILES string of the molecule is CCOCCNC(C)c1cc(C)sc1C. The van der Waals surface area contributed by atoms with E-state index < -0.39 is 0 Å². The van der Waals surface area contributed by atoms with Crippen LogP contribution in [0.4, 0.5) is 0 Å². The van der Waals surface area contributed by atoms with Crippen LogP contribution in [0.15, 0.2) is 6.07 Å². The molecule has 1 heterocycles. The largest absolute Gasteiger partial charge is 0.380 e. The highest BCUT2D eigenvalue weighted by molar-refractivity contribution is 7.12. The van der Waals surface area contributed by atoms with E-state index in [0.29, 0.717) is 6.04 Å². The molecule has 0 aliphatic rings. The quantitative estimate of drug-likeness (QED) is 0.754.